The number of alkyl carbamates (subject to hydrolysis) is 1. The molecule has 0 fully saturated rings. The molecule has 0 unspecified atom stereocenters. The smallest absolute Gasteiger partial charge is 0.407 e. The van der Waals surface area contributed by atoms with Crippen LogP contribution in [0.4, 0.5) is 16.3 Å². The number of benzene rings is 2. The van der Waals surface area contributed by atoms with Gasteiger partial charge in [-0.3, -0.25) is 0 Å². The van der Waals surface area contributed by atoms with Crippen LogP contribution in [0.5, 0.6) is 0 Å². The molecule has 0 spiro atoms. The van der Waals surface area contributed by atoms with Gasteiger partial charge in [0.1, 0.15) is 12.4 Å². The van der Waals surface area contributed by atoms with Gasteiger partial charge in [0.25, 0.3) is 0 Å². The van der Waals surface area contributed by atoms with Crippen molar-refractivity contribution in [2.24, 2.45) is 0 Å². The van der Waals surface area contributed by atoms with E-state index < -0.39 is 6.09 Å². The zero-order valence-corrected chi connectivity index (χ0v) is 16.5. The Balaban J connectivity index is 1.27. The quantitative estimate of drug-likeness (QED) is 0.538. The molecular formula is C24H24N4O2. The summed E-state index contributed by atoms with van der Waals surface area (Å²) in [4.78, 5) is 16.2. The lowest BCUT2D eigenvalue weighted by atomic mass is 9.98. The number of anilines is 2. The molecule has 4 rings (SSSR count). The summed E-state index contributed by atoms with van der Waals surface area (Å²) >= 11 is 0. The topological polar surface area (TPSA) is 103 Å². The molecule has 152 valence electrons. The second kappa shape index (κ2) is 8.69. The lowest BCUT2D eigenvalue weighted by molar-refractivity contribution is 0.143. The number of hydrogen-bond acceptors (Lipinski definition) is 5. The third kappa shape index (κ3) is 4.12. The van der Waals surface area contributed by atoms with Crippen LogP contribution in [0.15, 0.2) is 66.9 Å². The molecule has 5 N–H and O–H groups in total. The highest BCUT2D eigenvalue weighted by Gasteiger charge is 2.28. The first-order chi connectivity index (χ1) is 14.6. The van der Waals surface area contributed by atoms with Crippen LogP contribution in [-0.4, -0.2) is 24.2 Å². The van der Waals surface area contributed by atoms with E-state index in [0.717, 1.165) is 5.56 Å². The summed E-state index contributed by atoms with van der Waals surface area (Å²) in [6.07, 6.45) is 5.73. The van der Waals surface area contributed by atoms with Crippen molar-refractivity contribution in [2.45, 2.75) is 12.3 Å². The first kappa shape index (κ1) is 19.5. The maximum Gasteiger partial charge on any atom is 0.407 e. The van der Waals surface area contributed by atoms with E-state index >= 15 is 0 Å². The molecule has 1 aliphatic rings. The molecule has 1 aliphatic carbocycles. The monoisotopic (exact) mass is 400 g/mol. The minimum Gasteiger partial charge on any atom is -0.449 e. The zero-order valence-electron chi connectivity index (χ0n) is 16.5. The van der Waals surface area contributed by atoms with Gasteiger partial charge in [0.05, 0.1) is 5.69 Å². The Morgan fingerprint density at radius 2 is 1.73 bits per heavy atom. The Morgan fingerprint density at radius 1 is 1.07 bits per heavy atom. The third-order valence-electron chi connectivity index (χ3n) is 5.20. The lowest BCUT2D eigenvalue weighted by Crippen LogP contribution is -2.26. The Bertz CT molecular complexity index is 1050. The second-order valence-electron chi connectivity index (χ2n) is 7.19. The fourth-order valence-corrected chi connectivity index (χ4v) is 3.73. The summed E-state index contributed by atoms with van der Waals surface area (Å²) in [5, 5.41) is 2.79. The average molecular weight is 400 g/mol. The van der Waals surface area contributed by atoms with Crippen LogP contribution >= 0.6 is 0 Å². The molecule has 6 nitrogen and oxygen atoms in total. The summed E-state index contributed by atoms with van der Waals surface area (Å²) in [7, 11) is 0. The largest absolute Gasteiger partial charge is 0.449 e. The second-order valence-corrected chi connectivity index (χ2v) is 7.19. The van der Waals surface area contributed by atoms with Gasteiger partial charge in [-0.15, -0.1) is 0 Å². The van der Waals surface area contributed by atoms with E-state index in [-0.39, 0.29) is 5.92 Å². The Hall–Kier alpha value is -3.80. The fourth-order valence-electron chi connectivity index (χ4n) is 3.73. The Labute approximate surface area is 175 Å². The SMILES string of the molecule is Nc1cc(C=CCCNC(=O)OCC2c3ccccc3-c3ccccc32)cnc1N. The van der Waals surface area contributed by atoms with E-state index in [1.54, 1.807) is 12.3 Å². The van der Waals surface area contributed by atoms with Crippen LogP contribution in [0.3, 0.4) is 0 Å². The standard InChI is InChI=1S/C24H24N4O2/c25-22-13-16(14-28-23(22)26)7-5-6-12-27-24(29)30-15-21-19-10-3-1-8-17(19)18-9-2-4-11-20(18)21/h1-5,7-11,13-14,21H,6,12,15,25H2,(H2,26,28)(H,27,29). The van der Waals surface area contributed by atoms with E-state index in [1.807, 2.05) is 36.4 Å². The predicted octanol–water partition coefficient (Wildman–Crippen LogP) is 4.19. The number of carbonyl (C=O) groups is 1. The number of ether oxygens (including phenoxy) is 1. The minimum absolute atomic E-state index is 0.0616. The van der Waals surface area contributed by atoms with E-state index in [9.17, 15) is 4.79 Å². The van der Waals surface area contributed by atoms with Crippen molar-refractivity contribution in [1.82, 2.24) is 10.3 Å². The first-order valence-electron chi connectivity index (χ1n) is 9.90. The van der Waals surface area contributed by atoms with Crippen LogP contribution in [0.2, 0.25) is 0 Å². The molecule has 0 saturated heterocycles. The molecule has 2 aromatic carbocycles. The van der Waals surface area contributed by atoms with Crippen LogP contribution in [-0.2, 0) is 4.74 Å². The van der Waals surface area contributed by atoms with Crippen molar-refractivity contribution in [3.05, 3.63) is 83.6 Å². The number of nitrogens with zero attached hydrogens (tertiary/aromatic N) is 1. The van der Waals surface area contributed by atoms with Gasteiger partial charge in [-0.25, -0.2) is 9.78 Å². The number of rotatable bonds is 6. The highest BCUT2D eigenvalue weighted by Crippen LogP contribution is 2.44. The highest BCUT2D eigenvalue weighted by molar-refractivity contribution is 5.79. The maximum absolute atomic E-state index is 12.1. The van der Waals surface area contributed by atoms with Crippen LogP contribution in [0, 0.1) is 0 Å². The van der Waals surface area contributed by atoms with Crippen molar-refractivity contribution < 1.29 is 9.53 Å². The number of amides is 1. The van der Waals surface area contributed by atoms with Gasteiger partial charge < -0.3 is 21.5 Å². The molecule has 0 radical (unpaired) electrons. The summed E-state index contributed by atoms with van der Waals surface area (Å²) in [6, 6.07) is 18.3. The number of aromatic nitrogens is 1. The molecule has 0 saturated carbocycles. The molecule has 0 bridgehead atoms. The Morgan fingerprint density at radius 3 is 2.40 bits per heavy atom. The molecule has 0 atom stereocenters. The van der Waals surface area contributed by atoms with E-state index in [0.29, 0.717) is 31.1 Å². The first-order valence-corrected chi connectivity index (χ1v) is 9.90. The normalized spacial score (nSPS) is 12.5. The number of fused-ring (bicyclic) bond motifs is 3. The van der Waals surface area contributed by atoms with Gasteiger partial charge in [0.15, 0.2) is 0 Å². The Kier molecular flexibility index (Phi) is 5.66. The molecule has 6 heteroatoms. The van der Waals surface area contributed by atoms with E-state index in [2.05, 4.69) is 34.6 Å². The van der Waals surface area contributed by atoms with Crippen molar-refractivity contribution in [1.29, 1.82) is 0 Å². The van der Waals surface area contributed by atoms with Crippen molar-refractivity contribution in [3.63, 3.8) is 0 Å². The van der Waals surface area contributed by atoms with Gasteiger partial charge in [-0.05, 0) is 40.3 Å². The van der Waals surface area contributed by atoms with Crippen LogP contribution < -0.4 is 16.8 Å². The molecule has 1 heterocycles. The lowest BCUT2D eigenvalue weighted by Gasteiger charge is -2.14. The van der Waals surface area contributed by atoms with Gasteiger partial charge in [0.2, 0.25) is 0 Å². The van der Waals surface area contributed by atoms with Gasteiger partial charge in [0, 0.05) is 18.7 Å². The number of carbonyl (C=O) groups excluding carboxylic acids is 1. The summed E-state index contributed by atoms with van der Waals surface area (Å²) in [5.41, 5.74) is 17.5. The summed E-state index contributed by atoms with van der Waals surface area (Å²) < 4.78 is 5.52. The average Bonchev–Trinajstić information content (AvgIpc) is 3.08. The number of pyridine rings is 1. The van der Waals surface area contributed by atoms with Gasteiger partial charge in [-0.2, -0.15) is 0 Å². The number of hydrogen-bond donors (Lipinski definition) is 3. The number of nitrogens with one attached hydrogen (secondary N) is 1. The predicted molar refractivity (Wildman–Crippen MR) is 120 cm³/mol. The van der Waals surface area contributed by atoms with Gasteiger partial charge in [-0.1, -0.05) is 60.7 Å². The number of nitrogens with two attached hydrogens (primary N) is 2. The van der Waals surface area contributed by atoms with E-state index in [1.165, 1.54) is 22.3 Å². The molecular weight excluding hydrogens is 376 g/mol. The van der Waals surface area contributed by atoms with Crippen LogP contribution in [0.1, 0.15) is 29.0 Å². The van der Waals surface area contributed by atoms with E-state index in [4.69, 9.17) is 16.2 Å². The fraction of sp³-hybridized carbons (Fsp3) is 0.167. The molecule has 30 heavy (non-hydrogen) atoms. The maximum atomic E-state index is 12.1. The van der Waals surface area contributed by atoms with Crippen molar-refractivity contribution in [2.75, 3.05) is 24.6 Å². The highest BCUT2D eigenvalue weighted by atomic mass is 16.5. The third-order valence-corrected chi connectivity index (χ3v) is 5.20. The van der Waals surface area contributed by atoms with Crippen molar-refractivity contribution in [3.8, 4) is 11.1 Å². The summed E-state index contributed by atoms with van der Waals surface area (Å²) in [6.45, 7) is 0.789. The number of nitrogen functional groups attached to an aromatic ring is 2. The molecule has 1 aromatic heterocycles. The zero-order chi connectivity index (χ0) is 20.9. The van der Waals surface area contributed by atoms with Crippen LogP contribution in [0.25, 0.3) is 17.2 Å². The summed E-state index contributed by atoms with van der Waals surface area (Å²) in [5.74, 6) is 0.385. The molecule has 3 aromatic rings. The van der Waals surface area contributed by atoms with Gasteiger partial charge >= 0.3 is 6.09 Å². The molecule has 0 aliphatic heterocycles. The van der Waals surface area contributed by atoms with Crippen molar-refractivity contribution >= 4 is 23.7 Å². The minimum atomic E-state index is -0.413. The molecule has 1 amide bonds.